The Balaban J connectivity index is -0.00000000667. The second-order valence-electron chi connectivity index (χ2n) is 0.101. The van der Waals surface area contributed by atoms with Crippen molar-refractivity contribution in [2.45, 2.75) is 0 Å². The van der Waals surface area contributed by atoms with Crippen molar-refractivity contribution in [3.63, 3.8) is 0 Å². The fourth-order valence-electron chi connectivity index (χ4n) is 0. The summed E-state index contributed by atoms with van der Waals surface area (Å²) < 4.78 is 0. The zero-order valence-electron chi connectivity index (χ0n) is 2.69. The molecule has 0 radical (unpaired) electrons. The van der Waals surface area contributed by atoms with E-state index in [0.717, 1.165) is 0 Å². The molecular weight excluding hydrogens is 323 g/mol. The van der Waals surface area contributed by atoms with Crippen molar-refractivity contribution in [3.8, 4) is 0 Å². The summed E-state index contributed by atoms with van der Waals surface area (Å²) in [5, 5.41) is 0.194. The molecule has 0 saturated carbocycles. The summed E-state index contributed by atoms with van der Waals surface area (Å²) in [6.07, 6.45) is 0. The highest BCUT2D eigenvalue weighted by atomic mass is 79.9. The normalized spacial score (nSPS) is 3.00. The summed E-state index contributed by atoms with van der Waals surface area (Å²) in [7, 11) is 0. The standard InChI is InChI=1S/CH2Cl2.3BrH/c2-1-3;;;/h1H2;3*1H. The minimum atomic E-state index is 0. The van der Waals surface area contributed by atoms with Gasteiger partial charge in [-0.05, 0) is 0 Å². The summed E-state index contributed by atoms with van der Waals surface area (Å²) in [4.78, 5) is 0. The Labute approximate surface area is 78.9 Å². The topological polar surface area (TPSA) is 0 Å². The van der Waals surface area contributed by atoms with Gasteiger partial charge in [-0.3, -0.25) is 0 Å². The van der Waals surface area contributed by atoms with E-state index in [4.69, 9.17) is 23.2 Å². The second-order valence-corrected chi connectivity index (χ2v) is 0.909. The monoisotopic (exact) mass is 324 g/mol. The van der Waals surface area contributed by atoms with Gasteiger partial charge in [0, 0.05) is 0 Å². The lowest BCUT2D eigenvalue weighted by atomic mass is 11.9. The Morgan fingerprint density at radius 1 is 0.833 bits per heavy atom. The molecule has 0 fully saturated rings. The Bertz CT molecular complexity index is 8.75. The molecule has 0 atom stereocenters. The van der Waals surface area contributed by atoms with Crippen molar-refractivity contribution >= 4 is 74.1 Å². The maximum absolute atomic E-state index is 4.76. The van der Waals surface area contributed by atoms with E-state index in [1.165, 1.54) is 0 Å². The first kappa shape index (κ1) is 24.5. The van der Waals surface area contributed by atoms with Crippen LogP contribution in [-0.2, 0) is 0 Å². The van der Waals surface area contributed by atoms with Crippen LogP contribution in [0.2, 0.25) is 0 Å². The van der Waals surface area contributed by atoms with Gasteiger partial charge in [0.25, 0.3) is 0 Å². The highest BCUT2D eigenvalue weighted by Crippen LogP contribution is 1.73. The fraction of sp³-hybridized carbons (Fsp3) is 1.00. The molecule has 0 aliphatic rings. The first-order valence-electron chi connectivity index (χ1n) is 0.535. The quantitative estimate of drug-likeness (QED) is 0.600. The highest BCUT2D eigenvalue weighted by molar-refractivity contribution is 8.93. The first-order chi connectivity index (χ1) is 1.41. The van der Waals surface area contributed by atoms with Crippen LogP contribution in [0.25, 0.3) is 0 Å². The number of alkyl halides is 2. The van der Waals surface area contributed by atoms with Gasteiger partial charge in [0.2, 0.25) is 0 Å². The van der Waals surface area contributed by atoms with Crippen LogP contribution in [-0.4, -0.2) is 5.34 Å². The molecule has 0 amide bonds. The van der Waals surface area contributed by atoms with E-state index in [2.05, 4.69) is 0 Å². The lowest BCUT2D eigenvalue weighted by Gasteiger charge is -1.42. The largest absolute Gasteiger partial charge is 0.114 e. The molecular formula is CH5Br3Cl2. The predicted octanol–water partition coefficient (Wildman–Crippen LogP) is 3.16. The van der Waals surface area contributed by atoms with Crippen LogP contribution in [0.3, 0.4) is 0 Å². The van der Waals surface area contributed by atoms with E-state index in [-0.39, 0.29) is 56.3 Å². The van der Waals surface area contributed by atoms with Crippen LogP contribution >= 0.6 is 74.1 Å². The predicted molar refractivity (Wildman–Crippen MR) is 47.5 cm³/mol. The van der Waals surface area contributed by atoms with Gasteiger partial charge < -0.3 is 0 Å². The van der Waals surface area contributed by atoms with Gasteiger partial charge in [0.05, 0.1) is 5.34 Å². The minimum Gasteiger partial charge on any atom is -0.114 e. The second kappa shape index (κ2) is 27.9. The smallest absolute Gasteiger partial charge is 0.0967 e. The third-order valence-electron chi connectivity index (χ3n) is 0. The Morgan fingerprint density at radius 2 is 0.833 bits per heavy atom. The molecule has 0 spiro atoms. The van der Waals surface area contributed by atoms with Crippen LogP contribution in [0.4, 0.5) is 0 Å². The lowest BCUT2D eigenvalue weighted by molar-refractivity contribution is 2.20. The van der Waals surface area contributed by atoms with Crippen molar-refractivity contribution in [3.05, 3.63) is 0 Å². The Kier molecular flexibility index (Phi) is 114. The van der Waals surface area contributed by atoms with Crippen molar-refractivity contribution in [1.82, 2.24) is 0 Å². The summed E-state index contributed by atoms with van der Waals surface area (Å²) in [5.41, 5.74) is 0. The zero-order valence-corrected chi connectivity index (χ0v) is 9.34. The van der Waals surface area contributed by atoms with Gasteiger partial charge in [0.15, 0.2) is 0 Å². The maximum Gasteiger partial charge on any atom is 0.0967 e. The van der Waals surface area contributed by atoms with Crippen molar-refractivity contribution < 1.29 is 0 Å². The molecule has 0 rings (SSSR count). The van der Waals surface area contributed by atoms with Crippen molar-refractivity contribution in [2.24, 2.45) is 0 Å². The number of halogens is 5. The summed E-state index contributed by atoms with van der Waals surface area (Å²) >= 11 is 9.53. The van der Waals surface area contributed by atoms with Gasteiger partial charge in [-0.1, -0.05) is 0 Å². The van der Waals surface area contributed by atoms with Gasteiger partial charge in [-0.15, -0.1) is 74.1 Å². The molecule has 0 saturated heterocycles. The summed E-state index contributed by atoms with van der Waals surface area (Å²) in [5.74, 6) is 0. The van der Waals surface area contributed by atoms with Crippen molar-refractivity contribution in [2.75, 3.05) is 5.34 Å². The van der Waals surface area contributed by atoms with E-state index in [1.807, 2.05) is 0 Å². The molecule has 44 valence electrons. The molecule has 0 aromatic rings. The number of rotatable bonds is 0. The minimum absolute atomic E-state index is 0. The van der Waals surface area contributed by atoms with Gasteiger partial charge in [-0.2, -0.15) is 0 Å². The van der Waals surface area contributed by atoms with Gasteiger partial charge in [-0.25, -0.2) is 0 Å². The zero-order chi connectivity index (χ0) is 2.71. The van der Waals surface area contributed by atoms with Crippen LogP contribution < -0.4 is 0 Å². The molecule has 6 heavy (non-hydrogen) atoms. The maximum atomic E-state index is 4.76. The molecule has 0 bridgehead atoms. The SMILES string of the molecule is Br.Br.Br.ClCCl. The molecule has 5 heteroatoms. The van der Waals surface area contributed by atoms with Crippen molar-refractivity contribution in [1.29, 1.82) is 0 Å². The Morgan fingerprint density at radius 3 is 0.833 bits per heavy atom. The third kappa shape index (κ3) is 37.2. The van der Waals surface area contributed by atoms with Gasteiger partial charge in [0.1, 0.15) is 0 Å². The fourth-order valence-corrected chi connectivity index (χ4v) is 0. The van der Waals surface area contributed by atoms with Crippen LogP contribution in [0.15, 0.2) is 0 Å². The molecule has 0 aromatic carbocycles. The number of hydrogen-bond acceptors (Lipinski definition) is 0. The Hall–Kier alpha value is 2.02. The lowest BCUT2D eigenvalue weighted by Crippen LogP contribution is -1.24. The summed E-state index contributed by atoms with van der Waals surface area (Å²) in [6.45, 7) is 0. The molecule has 0 aliphatic heterocycles. The van der Waals surface area contributed by atoms with E-state index in [1.54, 1.807) is 0 Å². The number of hydrogen-bond donors (Lipinski definition) is 0. The molecule has 0 N–H and O–H groups in total. The van der Waals surface area contributed by atoms with E-state index < -0.39 is 0 Å². The average molecular weight is 328 g/mol. The molecule has 0 aliphatic carbocycles. The van der Waals surface area contributed by atoms with Crippen LogP contribution in [0.5, 0.6) is 0 Å². The van der Waals surface area contributed by atoms with Crippen LogP contribution in [0, 0.1) is 0 Å². The third-order valence-corrected chi connectivity index (χ3v) is 0. The van der Waals surface area contributed by atoms with Gasteiger partial charge >= 0.3 is 0 Å². The van der Waals surface area contributed by atoms with E-state index in [0.29, 0.717) is 0 Å². The highest BCUT2D eigenvalue weighted by Gasteiger charge is 1.41. The van der Waals surface area contributed by atoms with E-state index >= 15 is 0 Å². The first-order valence-corrected chi connectivity index (χ1v) is 1.60. The van der Waals surface area contributed by atoms with Crippen LogP contribution in [0.1, 0.15) is 0 Å². The summed E-state index contributed by atoms with van der Waals surface area (Å²) in [6, 6.07) is 0. The van der Waals surface area contributed by atoms with E-state index in [9.17, 15) is 0 Å². The molecule has 0 nitrogen and oxygen atoms in total. The molecule has 0 heterocycles. The molecule has 0 unspecified atom stereocenters. The average Bonchev–Trinajstić information content (AvgIpc) is 0.918. The molecule has 0 aromatic heterocycles.